The van der Waals surface area contributed by atoms with Crippen LogP contribution in [0.5, 0.6) is 0 Å². The molecule has 0 radical (unpaired) electrons. The van der Waals surface area contributed by atoms with Gasteiger partial charge < -0.3 is 10.3 Å². The van der Waals surface area contributed by atoms with Crippen LogP contribution < -0.4 is 10.5 Å². The predicted octanol–water partition coefficient (Wildman–Crippen LogP) is 0.753. The molecule has 0 unspecified atom stereocenters. The Morgan fingerprint density at radius 3 is 2.42 bits per heavy atom. The van der Waals surface area contributed by atoms with Crippen LogP contribution >= 0.6 is 0 Å². The molecule has 1 heterocycles. The molecule has 0 aliphatic carbocycles. The molecular weight excluding hydrogens is 266 g/mol. The van der Waals surface area contributed by atoms with Crippen molar-refractivity contribution >= 4 is 10.0 Å². The first-order valence-electron chi connectivity index (χ1n) is 5.74. The molecule has 19 heavy (non-hydrogen) atoms. The standard InChI is InChI=1S/C12H15N3O3S/c13-7-10-1-3-11(4-2-10)9-19(16,17)15-8-12-5-6-14-18-12/h1-6,15H,7-9,13H2. The van der Waals surface area contributed by atoms with E-state index in [1.54, 1.807) is 18.2 Å². The van der Waals surface area contributed by atoms with Crippen LogP contribution in [0.1, 0.15) is 16.9 Å². The van der Waals surface area contributed by atoms with Crippen LogP contribution in [0, 0.1) is 0 Å². The van der Waals surface area contributed by atoms with Gasteiger partial charge in [0.2, 0.25) is 10.0 Å². The highest BCUT2D eigenvalue weighted by Crippen LogP contribution is 2.08. The molecule has 0 spiro atoms. The Balaban J connectivity index is 1.96. The molecule has 0 atom stereocenters. The maximum Gasteiger partial charge on any atom is 0.216 e. The monoisotopic (exact) mass is 281 g/mol. The van der Waals surface area contributed by atoms with E-state index in [2.05, 4.69) is 9.88 Å². The highest BCUT2D eigenvalue weighted by atomic mass is 32.2. The molecule has 1 aromatic heterocycles. The third-order valence-electron chi connectivity index (χ3n) is 2.57. The van der Waals surface area contributed by atoms with Gasteiger partial charge >= 0.3 is 0 Å². The summed E-state index contributed by atoms with van der Waals surface area (Å²) in [7, 11) is -3.40. The van der Waals surface area contributed by atoms with Gasteiger partial charge in [-0.05, 0) is 11.1 Å². The van der Waals surface area contributed by atoms with Crippen molar-refractivity contribution in [2.24, 2.45) is 5.73 Å². The number of nitrogens with two attached hydrogens (primary N) is 1. The first-order valence-corrected chi connectivity index (χ1v) is 7.39. The van der Waals surface area contributed by atoms with Crippen LogP contribution in [0.2, 0.25) is 0 Å². The van der Waals surface area contributed by atoms with Gasteiger partial charge in [-0.1, -0.05) is 29.4 Å². The van der Waals surface area contributed by atoms with E-state index in [1.165, 1.54) is 6.20 Å². The Kier molecular flexibility index (Phi) is 4.31. The summed E-state index contributed by atoms with van der Waals surface area (Å²) in [5.74, 6) is 0.397. The first kappa shape index (κ1) is 13.7. The van der Waals surface area contributed by atoms with Crippen LogP contribution in [0.4, 0.5) is 0 Å². The molecule has 0 bridgehead atoms. The number of hydrogen-bond acceptors (Lipinski definition) is 5. The summed E-state index contributed by atoms with van der Waals surface area (Å²) in [6.07, 6.45) is 1.47. The zero-order chi connectivity index (χ0) is 13.7. The highest BCUT2D eigenvalue weighted by Gasteiger charge is 2.12. The van der Waals surface area contributed by atoms with E-state index in [0.717, 1.165) is 5.56 Å². The van der Waals surface area contributed by atoms with Gasteiger partial charge in [-0.15, -0.1) is 0 Å². The van der Waals surface area contributed by atoms with Crippen LogP contribution in [-0.4, -0.2) is 13.6 Å². The molecule has 1 aromatic carbocycles. The van der Waals surface area contributed by atoms with E-state index < -0.39 is 10.0 Å². The van der Waals surface area contributed by atoms with Gasteiger partial charge in [0.05, 0.1) is 18.5 Å². The predicted molar refractivity (Wildman–Crippen MR) is 70.3 cm³/mol. The number of aromatic nitrogens is 1. The summed E-state index contributed by atoms with van der Waals surface area (Å²) in [6.45, 7) is 0.542. The van der Waals surface area contributed by atoms with Gasteiger partial charge in [-0.2, -0.15) is 0 Å². The van der Waals surface area contributed by atoms with Crippen molar-refractivity contribution in [2.75, 3.05) is 0 Å². The van der Waals surface area contributed by atoms with Gasteiger partial charge in [-0.3, -0.25) is 0 Å². The van der Waals surface area contributed by atoms with Crippen molar-refractivity contribution in [1.29, 1.82) is 0 Å². The van der Waals surface area contributed by atoms with Gasteiger partial charge in [0.15, 0.2) is 5.76 Å². The van der Waals surface area contributed by atoms with Crippen LogP contribution in [-0.2, 0) is 28.9 Å². The molecule has 0 aliphatic heterocycles. The molecule has 7 heteroatoms. The summed E-state index contributed by atoms with van der Waals surface area (Å²) in [4.78, 5) is 0. The molecule has 6 nitrogen and oxygen atoms in total. The van der Waals surface area contributed by atoms with Crippen molar-refractivity contribution in [2.45, 2.75) is 18.8 Å². The normalized spacial score (nSPS) is 11.6. The van der Waals surface area contributed by atoms with Crippen LogP contribution in [0.15, 0.2) is 41.1 Å². The fraction of sp³-hybridized carbons (Fsp3) is 0.250. The fourth-order valence-corrected chi connectivity index (χ4v) is 2.65. The lowest BCUT2D eigenvalue weighted by molar-refractivity contribution is 0.380. The minimum absolute atomic E-state index is 0.0774. The molecule has 0 saturated carbocycles. The smallest absolute Gasteiger partial charge is 0.216 e. The Morgan fingerprint density at radius 1 is 1.16 bits per heavy atom. The lowest BCUT2D eigenvalue weighted by Crippen LogP contribution is -2.24. The Morgan fingerprint density at radius 2 is 1.84 bits per heavy atom. The van der Waals surface area contributed by atoms with Gasteiger partial charge in [0.25, 0.3) is 0 Å². The molecule has 0 saturated heterocycles. The Labute approximate surface area is 111 Å². The Bertz CT molecular complexity index is 606. The largest absolute Gasteiger partial charge is 0.360 e. The number of benzene rings is 1. The third kappa shape index (κ3) is 4.16. The van der Waals surface area contributed by atoms with Gasteiger partial charge in [0, 0.05) is 12.6 Å². The summed E-state index contributed by atoms with van der Waals surface area (Å²) in [6, 6.07) is 8.77. The fourth-order valence-electron chi connectivity index (χ4n) is 1.56. The third-order valence-corrected chi connectivity index (χ3v) is 3.87. The molecule has 2 aromatic rings. The lowest BCUT2D eigenvalue weighted by atomic mass is 10.1. The molecule has 102 valence electrons. The quantitative estimate of drug-likeness (QED) is 0.814. The van der Waals surface area contributed by atoms with Crippen molar-refractivity contribution < 1.29 is 12.9 Å². The first-order chi connectivity index (χ1) is 9.09. The van der Waals surface area contributed by atoms with Crippen molar-refractivity contribution in [3.63, 3.8) is 0 Å². The minimum atomic E-state index is -3.40. The second-order valence-corrected chi connectivity index (χ2v) is 5.89. The van der Waals surface area contributed by atoms with Crippen molar-refractivity contribution in [3.8, 4) is 0 Å². The second kappa shape index (κ2) is 5.96. The van der Waals surface area contributed by atoms with Crippen LogP contribution in [0.25, 0.3) is 0 Å². The number of hydrogen-bond donors (Lipinski definition) is 2. The maximum absolute atomic E-state index is 11.9. The van der Waals surface area contributed by atoms with E-state index in [-0.39, 0.29) is 12.3 Å². The SMILES string of the molecule is NCc1ccc(CS(=O)(=O)NCc2ccno2)cc1. The number of rotatable bonds is 6. The molecule has 0 aliphatic rings. The maximum atomic E-state index is 11.9. The zero-order valence-electron chi connectivity index (χ0n) is 10.2. The lowest BCUT2D eigenvalue weighted by Gasteiger charge is -2.06. The summed E-state index contributed by atoms with van der Waals surface area (Å²) >= 11 is 0. The summed E-state index contributed by atoms with van der Waals surface area (Å²) in [5, 5.41) is 3.50. The van der Waals surface area contributed by atoms with Crippen LogP contribution in [0.3, 0.4) is 0 Å². The average Bonchev–Trinajstić information content (AvgIpc) is 2.90. The summed E-state index contributed by atoms with van der Waals surface area (Å²) < 4.78 is 31.0. The van der Waals surface area contributed by atoms with Gasteiger partial charge in [0.1, 0.15) is 0 Å². The van der Waals surface area contributed by atoms with Gasteiger partial charge in [-0.25, -0.2) is 13.1 Å². The highest BCUT2D eigenvalue weighted by molar-refractivity contribution is 7.88. The molecule has 0 amide bonds. The number of nitrogens with zero attached hydrogens (tertiary/aromatic N) is 1. The molecule has 2 rings (SSSR count). The van der Waals surface area contributed by atoms with E-state index in [1.807, 2.05) is 12.1 Å². The topological polar surface area (TPSA) is 98.2 Å². The second-order valence-electron chi connectivity index (χ2n) is 4.08. The zero-order valence-corrected chi connectivity index (χ0v) is 11.1. The molecule has 0 fully saturated rings. The molecule has 3 N–H and O–H groups in total. The number of sulfonamides is 1. The average molecular weight is 281 g/mol. The number of nitrogens with one attached hydrogen (secondary N) is 1. The minimum Gasteiger partial charge on any atom is -0.360 e. The summed E-state index contributed by atoms with van der Waals surface area (Å²) in [5.41, 5.74) is 7.16. The van der Waals surface area contributed by atoms with Crippen molar-refractivity contribution in [3.05, 3.63) is 53.4 Å². The van der Waals surface area contributed by atoms with E-state index in [0.29, 0.717) is 17.9 Å². The van der Waals surface area contributed by atoms with E-state index in [4.69, 9.17) is 10.3 Å². The Hall–Kier alpha value is -1.70. The molecular formula is C12H15N3O3S. The van der Waals surface area contributed by atoms with Crippen molar-refractivity contribution in [1.82, 2.24) is 9.88 Å². The van der Waals surface area contributed by atoms with E-state index >= 15 is 0 Å². The van der Waals surface area contributed by atoms with E-state index in [9.17, 15) is 8.42 Å².